The van der Waals surface area contributed by atoms with E-state index in [1.165, 1.54) is 18.2 Å². The van der Waals surface area contributed by atoms with Crippen LogP contribution in [0.5, 0.6) is 0 Å². The summed E-state index contributed by atoms with van der Waals surface area (Å²) in [5, 5.41) is 6.13. The maximum absolute atomic E-state index is 12.4. The zero-order valence-electron chi connectivity index (χ0n) is 14.5. The molecule has 0 fully saturated rings. The molecule has 1 atom stereocenters. The van der Waals surface area contributed by atoms with Crippen molar-refractivity contribution in [2.24, 2.45) is 0 Å². The SMILES string of the molecule is CCC(OC(=O)c1ccccc1NS(C)(=O)=O)C(=O)Nc1cc(C)on1. The normalized spacial score (nSPS) is 12.3. The van der Waals surface area contributed by atoms with Crippen molar-refractivity contribution in [2.45, 2.75) is 26.4 Å². The predicted molar refractivity (Wildman–Crippen MR) is 94.3 cm³/mol. The summed E-state index contributed by atoms with van der Waals surface area (Å²) >= 11 is 0. The lowest BCUT2D eigenvalue weighted by Gasteiger charge is -2.16. The summed E-state index contributed by atoms with van der Waals surface area (Å²) in [6.07, 6.45) is 0.110. The minimum atomic E-state index is -3.58. The third-order valence-corrected chi connectivity index (χ3v) is 3.82. The maximum Gasteiger partial charge on any atom is 0.341 e. The number of carbonyl (C=O) groups excluding carboxylic acids is 2. The standard InChI is InChI=1S/C16H19N3O6S/c1-4-13(15(20)17-14-9-10(2)25-18-14)24-16(21)11-7-5-6-8-12(11)19-26(3,22)23/h5-9,13,19H,4H2,1-3H3,(H,17,18,20). The summed E-state index contributed by atoms with van der Waals surface area (Å²) in [5.74, 6) is -0.662. The fourth-order valence-electron chi connectivity index (χ4n) is 2.10. The number of ether oxygens (including phenoxy) is 1. The number of anilines is 2. The highest BCUT2D eigenvalue weighted by Gasteiger charge is 2.24. The van der Waals surface area contributed by atoms with Gasteiger partial charge >= 0.3 is 5.97 Å². The van der Waals surface area contributed by atoms with Crippen LogP contribution >= 0.6 is 0 Å². The Balaban J connectivity index is 2.13. The molecule has 2 N–H and O–H groups in total. The lowest BCUT2D eigenvalue weighted by Crippen LogP contribution is -2.32. The minimum Gasteiger partial charge on any atom is -0.449 e. The van der Waals surface area contributed by atoms with Gasteiger partial charge in [0.25, 0.3) is 5.91 Å². The average Bonchev–Trinajstić information content (AvgIpc) is 2.96. The number of rotatable bonds is 7. The number of nitrogens with zero attached hydrogens (tertiary/aromatic N) is 1. The van der Waals surface area contributed by atoms with Crippen LogP contribution in [0.4, 0.5) is 11.5 Å². The predicted octanol–water partition coefficient (Wildman–Crippen LogP) is 1.93. The molecule has 1 heterocycles. The molecule has 26 heavy (non-hydrogen) atoms. The molecule has 0 aliphatic carbocycles. The van der Waals surface area contributed by atoms with Crippen molar-refractivity contribution in [3.05, 3.63) is 41.7 Å². The summed E-state index contributed by atoms with van der Waals surface area (Å²) in [5.41, 5.74) is 0.0730. The number of carbonyl (C=O) groups is 2. The van der Waals surface area contributed by atoms with Gasteiger partial charge in [-0.05, 0) is 25.5 Å². The van der Waals surface area contributed by atoms with Crippen LogP contribution in [0.2, 0.25) is 0 Å². The number of esters is 1. The smallest absolute Gasteiger partial charge is 0.341 e. The fraction of sp³-hybridized carbons (Fsp3) is 0.312. The molecular weight excluding hydrogens is 362 g/mol. The first-order valence-corrected chi connectivity index (χ1v) is 9.60. The Hall–Kier alpha value is -2.88. The van der Waals surface area contributed by atoms with E-state index in [-0.39, 0.29) is 23.5 Å². The minimum absolute atomic E-state index is 0.00135. The highest BCUT2D eigenvalue weighted by Crippen LogP contribution is 2.19. The van der Waals surface area contributed by atoms with Crippen molar-refractivity contribution >= 4 is 33.4 Å². The summed E-state index contributed by atoms with van der Waals surface area (Å²) in [6, 6.07) is 7.49. The third kappa shape index (κ3) is 5.31. The van der Waals surface area contributed by atoms with Crippen LogP contribution < -0.4 is 10.0 Å². The van der Waals surface area contributed by atoms with Crippen LogP contribution in [-0.4, -0.2) is 37.8 Å². The maximum atomic E-state index is 12.4. The monoisotopic (exact) mass is 381 g/mol. The van der Waals surface area contributed by atoms with Gasteiger partial charge in [0.2, 0.25) is 10.0 Å². The second-order valence-electron chi connectivity index (χ2n) is 5.53. The lowest BCUT2D eigenvalue weighted by molar-refractivity contribution is -0.124. The second-order valence-corrected chi connectivity index (χ2v) is 7.28. The molecule has 0 radical (unpaired) electrons. The van der Waals surface area contributed by atoms with Gasteiger partial charge in [-0.2, -0.15) is 0 Å². The van der Waals surface area contributed by atoms with Gasteiger partial charge in [0.15, 0.2) is 11.9 Å². The quantitative estimate of drug-likeness (QED) is 0.701. The Morgan fingerprint density at radius 1 is 1.31 bits per heavy atom. The Bertz CT molecular complexity index is 906. The van der Waals surface area contributed by atoms with E-state index in [4.69, 9.17) is 9.26 Å². The number of aryl methyl sites for hydroxylation is 1. The fourth-order valence-corrected chi connectivity index (χ4v) is 2.67. The van der Waals surface area contributed by atoms with Gasteiger partial charge in [-0.1, -0.05) is 24.2 Å². The number of hydrogen-bond donors (Lipinski definition) is 2. The first-order valence-electron chi connectivity index (χ1n) is 7.71. The average molecular weight is 381 g/mol. The number of aromatic nitrogens is 1. The molecule has 0 saturated carbocycles. The van der Waals surface area contributed by atoms with Crippen LogP contribution in [-0.2, 0) is 19.6 Å². The summed E-state index contributed by atoms with van der Waals surface area (Å²) in [7, 11) is -3.58. The number of amides is 1. The van der Waals surface area contributed by atoms with Crippen molar-refractivity contribution in [2.75, 3.05) is 16.3 Å². The largest absolute Gasteiger partial charge is 0.449 e. The van der Waals surface area contributed by atoms with Gasteiger partial charge in [-0.3, -0.25) is 9.52 Å². The van der Waals surface area contributed by atoms with Crippen molar-refractivity contribution in [1.82, 2.24) is 5.16 Å². The highest BCUT2D eigenvalue weighted by atomic mass is 32.2. The molecular formula is C16H19N3O6S. The lowest BCUT2D eigenvalue weighted by atomic mass is 10.2. The van der Waals surface area contributed by atoms with E-state index in [2.05, 4.69) is 15.2 Å². The van der Waals surface area contributed by atoms with E-state index in [9.17, 15) is 18.0 Å². The van der Waals surface area contributed by atoms with Gasteiger partial charge in [0, 0.05) is 6.07 Å². The Morgan fingerprint density at radius 2 is 2.00 bits per heavy atom. The Kier molecular flexibility index (Phi) is 5.98. The molecule has 1 aromatic heterocycles. The van der Waals surface area contributed by atoms with Gasteiger partial charge in [0.05, 0.1) is 17.5 Å². The van der Waals surface area contributed by atoms with Crippen LogP contribution in [0.3, 0.4) is 0 Å². The van der Waals surface area contributed by atoms with Crippen molar-refractivity contribution in [3.63, 3.8) is 0 Å². The topological polar surface area (TPSA) is 128 Å². The van der Waals surface area contributed by atoms with Gasteiger partial charge in [-0.15, -0.1) is 0 Å². The van der Waals surface area contributed by atoms with E-state index in [0.717, 1.165) is 6.26 Å². The molecule has 2 rings (SSSR count). The van der Waals surface area contributed by atoms with Crippen molar-refractivity contribution < 1.29 is 27.3 Å². The van der Waals surface area contributed by atoms with Gasteiger partial charge in [0.1, 0.15) is 5.76 Å². The van der Waals surface area contributed by atoms with Crippen molar-refractivity contribution in [3.8, 4) is 0 Å². The van der Waals surface area contributed by atoms with Crippen LogP contribution in [0, 0.1) is 6.92 Å². The molecule has 0 aliphatic rings. The van der Waals surface area contributed by atoms with E-state index >= 15 is 0 Å². The Morgan fingerprint density at radius 3 is 2.58 bits per heavy atom. The first kappa shape index (κ1) is 19.4. The summed E-state index contributed by atoms with van der Waals surface area (Å²) in [4.78, 5) is 24.7. The Labute approximate surface area is 150 Å². The molecule has 1 unspecified atom stereocenters. The van der Waals surface area contributed by atoms with Crippen LogP contribution in [0.15, 0.2) is 34.9 Å². The number of nitrogens with one attached hydrogen (secondary N) is 2. The van der Waals surface area contributed by atoms with E-state index in [0.29, 0.717) is 5.76 Å². The molecule has 0 aliphatic heterocycles. The molecule has 0 saturated heterocycles. The molecule has 9 nitrogen and oxygen atoms in total. The second kappa shape index (κ2) is 8.00. The zero-order chi connectivity index (χ0) is 19.3. The molecule has 1 aromatic carbocycles. The molecule has 1 amide bonds. The van der Waals surface area contributed by atoms with Gasteiger partial charge in [-0.25, -0.2) is 13.2 Å². The van der Waals surface area contributed by atoms with E-state index in [1.54, 1.807) is 26.0 Å². The molecule has 0 bridgehead atoms. The number of benzene rings is 1. The first-order chi connectivity index (χ1) is 12.2. The van der Waals surface area contributed by atoms with Crippen LogP contribution in [0.25, 0.3) is 0 Å². The molecule has 140 valence electrons. The molecule has 10 heteroatoms. The third-order valence-electron chi connectivity index (χ3n) is 3.23. The summed E-state index contributed by atoms with van der Waals surface area (Å²) in [6.45, 7) is 3.35. The number of sulfonamides is 1. The summed E-state index contributed by atoms with van der Waals surface area (Å²) < 4.78 is 35.2. The van der Waals surface area contributed by atoms with Crippen LogP contribution in [0.1, 0.15) is 29.5 Å². The van der Waals surface area contributed by atoms with Crippen molar-refractivity contribution in [1.29, 1.82) is 0 Å². The molecule has 0 spiro atoms. The number of hydrogen-bond acceptors (Lipinski definition) is 7. The highest BCUT2D eigenvalue weighted by molar-refractivity contribution is 7.92. The molecule has 2 aromatic rings. The number of para-hydroxylation sites is 1. The van der Waals surface area contributed by atoms with E-state index in [1.807, 2.05) is 0 Å². The van der Waals surface area contributed by atoms with E-state index < -0.39 is 28.0 Å². The zero-order valence-corrected chi connectivity index (χ0v) is 15.3. The van der Waals surface area contributed by atoms with Gasteiger partial charge < -0.3 is 14.6 Å².